The maximum atomic E-state index is 2.70. The predicted molar refractivity (Wildman–Crippen MR) is 164 cm³/mol. The quantitative estimate of drug-likeness (QED) is 0.159. The third-order valence-corrected chi connectivity index (χ3v) is 17.8. The lowest BCUT2D eigenvalue weighted by Gasteiger charge is -2.41. The van der Waals surface area contributed by atoms with E-state index in [1.165, 1.54) is 109 Å². The van der Waals surface area contributed by atoms with E-state index in [1.807, 2.05) is 10.4 Å². The summed E-state index contributed by atoms with van der Waals surface area (Å²) < 4.78 is 0. The topological polar surface area (TPSA) is 0 Å². The van der Waals surface area contributed by atoms with Gasteiger partial charge in [0, 0.05) is 19.5 Å². The number of hydrogen-bond donors (Lipinski definition) is 0. The third-order valence-electron chi connectivity index (χ3n) is 9.22. The van der Waals surface area contributed by atoms with Crippen molar-refractivity contribution in [2.24, 2.45) is 5.92 Å². The highest BCUT2D eigenvalue weighted by Crippen LogP contribution is 2.50. The summed E-state index contributed by atoms with van der Waals surface area (Å²) in [5.74, 6) is 0.950. The smallest absolute Gasteiger partial charge is 0.125 e. The molecule has 1 aliphatic heterocycles. The van der Waals surface area contributed by atoms with Gasteiger partial charge in [0.15, 0.2) is 0 Å². The zero-order chi connectivity index (χ0) is 24.7. The Morgan fingerprint density at radius 1 is 0.714 bits per heavy atom. The van der Waals surface area contributed by atoms with Gasteiger partial charge in [-0.25, -0.2) is 0 Å². The average molecular weight is 529 g/mol. The molecule has 1 saturated carbocycles. The molecule has 2 aromatic heterocycles. The summed E-state index contributed by atoms with van der Waals surface area (Å²) in [6, 6.07) is 6.95. The van der Waals surface area contributed by atoms with E-state index in [-0.39, 0.29) is 0 Å². The highest BCUT2D eigenvalue weighted by Gasteiger charge is 2.53. The molecular weight excluding hydrogens is 477 g/mol. The van der Waals surface area contributed by atoms with E-state index in [0.717, 1.165) is 11.5 Å². The Morgan fingerprint density at radius 3 is 1.74 bits per heavy atom. The normalized spacial score (nSPS) is 18.1. The van der Waals surface area contributed by atoms with Crippen molar-refractivity contribution >= 4 is 41.1 Å². The first kappa shape index (κ1) is 27.6. The van der Waals surface area contributed by atoms with Gasteiger partial charge in [-0.2, -0.15) is 0 Å². The van der Waals surface area contributed by atoms with Crippen molar-refractivity contribution in [3.8, 4) is 9.75 Å². The number of aryl methyl sites for hydroxylation is 2. The molecule has 0 spiro atoms. The molecule has 1 fully saturated rings. The van der Waals surface area contributed by atoms with Crippen LogP contribution in [0.25, 0.3) is 9.75 Å². The van der Waals surface area contributed by atoms with Crippen LogP contribution in [0.4, 0.5) is 0 Å². The second-order valence-corrected chi connectivity index (χ2v) is 18.7. The first-order valence-electron chi connectivity index (χ1n) is 15.3. The fourth-order valence-corrected chi connectivity index (χ4v) is 17.9. The van der Waals surface area contributed by atoms with Crippen molar-refractivity contribution in [1.29, 1.82) is 0 Å². The summed E-state index contributed by atoms with van der Waals surface area (Å²) in [6.07, 6.45) is 24.8. The Morgan fingerprint density at radius 2 is 1.20 bits per heavy atom. The standard InChI is InChI=1S/C32H52S2Si/c1-5-7-9-11-12-15-19-27(18-14-10-8-6-2)24-35(28-20-16-13-17-21-28)29-22-25(3)33-31(29)32-30(35)23-26(4)34-32/h22-23,27-28H,5-21,24H2,1-4H3. The highest BCUT2D eigenvalue weighted by atomic mass is 32.1. The lowest BCUT2D eigenvalue weighted by molar-refractivity contribution is 0.424. The van der Waals surface area contributed by atoms with Crippen LogP contribution >= 0.6 is 22.7 Å². The van der Waals surface area contributed by atoms with Gasteiger partial charge >= 0.3 is 0 Å². The van der Waals surface area contributed by atoms with Crippen molar-refractivity contribution in [3.05, 3.63) is 21.9 Å². The zero-order valence-corrected chi connectivity index (χ0v) is 26.0. The number of rotatable bonds is 15. The largest absolute Gasteiger partial charge is 0.140 e. The van der Waals surface area contributed by atoms with E-state index in [0.29, 0.717) is 0 Å². The lowest BCUT2D eigenvalue weighted by atomic mass is 9.96. The fourth-order valence-electron chi connectivity index (χ4n) is 7.47. The maximum Gasteiger partial charge on any atom is 0.125 e. The lowest BCUT2D eigenvalue weighted by Crippen LogP contribution is -2.59. The molecule has 3 heterocycles. The van der Waals surface area contributed by atoms with E-state index in [9.17, 15) is 0 Å². The molecule has 1 aliphatic carbocycles. The molecule has 0 saturated heterocycles. The number of unbranched alkanes of at least 4 members (excludes halogenated alkanes) is 8. The summed E-state index contributed by atoms with van der Waals surface area (Å²) in [5, 5.41) is 3.80. The molecule has 2 aliphatic rings. The van der Waals surface area contributed by atoms with Gasteiger partial charge in [0.05, 0.1) is 0 Å². The number of hydrogen-bond acceptors (Lipinski definition) is 2. The second-order valence-electron chi connectivity index (χ2n) is 12.0. The molecule has 35 heavy (non-hydrogen) atoms. The molecule has 4 rings (SSSR count). The number of fused-ring (bicyclic) bond motifs is 3. The minimum atomic E-state index is -1.72. The summed E-state index contributed by atoms with van der Waals surface area (Å²) in [5.41, 5.74) is 0.988. The Hall–Kier alpha value is -0.383. The van der Waals surface area contributed by atoms with Gasteiger partial charge in [0.2, 0.25) is 0 Å². The molecule has 1 atom stereocenters. The monoisotopic (exact) mass is 528 g/mol. The van der Waals surface area contributed by atoms with Crippen LogP contribution in [0.15, 0.2) is 12.1 Å². The molecular formula is C32H52S2Si. The van der Waals surface area contributed by atoms with Gasteiger partial charge in [0.1, 0.15) is 8.07 Å². The van der Waals surface area contributed by atoms with Crippen LogP contribution in [-0.2, 0) is 0 Å². The van der Waals surface area contributed by atoms with Crippen molar-refractivity contribution in [3.63, 3.8) is 0 Å². The van der Waals surface area contributed by atoms with Crippen LogP contribution in [0.1, 0.15) is 133 Å². The minimum Gasteiger partial charge on any atom is -0.140 e. The van der Waals surface area contributed by atoms with Crippen molar-refractivity contribution in [2.75, 3.05) is 0 Å². The van der Waals surface area contributed by atoms with Crippen LogP contribution < -0.4 is 10.4 Å². The molecule has 0 aromatic carbocycles. The van der Waals surface area contributed by atoms with Gasteiger partial charge in [-0.05, 0) is 53.9 Å². The average Bonchev–Trinajstić information content (AvgIpc) is 3.50. The van der Waals surface area contributed by atoms with E-state index in [1.54, 1.807) is 25.6 Å². The Bertz CT molecular complexity index is 855. The Labute approximate surface area is 226 Å². The molecule has 196 valence electrons. The summed E-state index contributed by atoms with van der Waals surface area (Å²) in [7, 11) is -1.72. The molecule has 0 amide bonds. The Kier molecular flexibility index (Phi) is 10.6. The summed E-state index contributed by atoms with van der Waals surface area (Å²) >= 11 is 4.25. The number of thiophene rings is 2. The van der Waals surface area contributed by atoms with Crippen LogP contribution in [-0.4, -0.2) is 8.07 Å². The van der Waals surface area contributed by atoms with Crippen LogP contribution in [0.3, 0.4) is 0 Å². The molecule has 0 bridgehead atoms. The van der Waals surface area contributed by atoms with Gasteiger partial charge in [-0.15, -0.1) is 22.7 Å². The molecule has 3 heteroatoms. The van der Waals surface area contributed by atoms with Crippen molar-refractivity contribution in [1.82, 2.24) is 0 Å². The minimum absolute atomic E-state index is 0.950. The van der Waals surface area contributed by atoms with Gasteiger partial charge in [-0.1, -0.05) is 123 Å². The van der Waals surface area contributed by atoms with E-state index in [4.69, 9.17) is 0 Å². The Balaban J connectivity index is 1.61. The van der Waals surface area contributed by atoms with E-state index in [2.05, 4.69) is 62.5 Å². The van der Waals surface area contributed by atoms with Gasteiger partial charge in [0.25, 0.3) is 0 Å². The van der Waals surface area contributed by atoms with Gasteiger partial charge < -0.3 is 0 Å². The second kappa shape index (κ2) is 13.4. The van der Waals surface area contributed by atoms with Crippen LogP contribution in [0, 0.1) is 19.8 Å². The fraction of sp³-hybridized carbons (Fsp3) is 0.750. The van der Waals surface area contributed by atoms with E-state index < -0.39 is 8.07 Å². The maximum absolute atomic E-state index is 2.70. The first-order chi connectivity index (χ1) is 17.1. The predicted octanol–water partition coefficient (Wildman–Crippen LogP) is 10.6. The molecule has 1 unspecified atom stereocenters. The van der Waals surface area contributed by atoms with Gasteiger partial charge in [-0.3, -0.25) is 0 Å². The van der Waals surface area contributed by atoms with Crippen LogP contribution in [0.5, 0.6) is 0 Å². The third kappa shape index (κ3) is 6.37. The van der Waals surface area contributed by atoms with Crippen molar-refractivity contribution in [2.45, 2.75) is 148 Å². The molecule has 0 N–H and O–H groups in total. The van der Waals surface area contributed by atoms with Crippen molar-refractivity contribution < 1.29 is 0 Å². The van der Waals surface area contributed by atoms with E-state index >= 15 is 0 Å². The summed E-state index contributed by atoms with van der Waals surface area (Å²) in [6.45, 7) is 9.45. The highest BCUT2D eigenvalue weighted by molar-refractivity contribution is 7.29. The zero-order valence-electron chi connectivity index (χ0n) is 23.4. The SMILES string of the molecule is CCCCCCCCC(CCCCCC)C[Si]1(C2CCCCC2)c2cc(C)sc2-c2sc(C)cc21. The molecule has 2 aromatic rings. The molecule has 0 nitrogen and oxygen atoms in total. The van der Waals surface area contributed by atoms with Crippen LogP contribution in [0.2, 0.25) is 11.6 Å². The molecule has 0 radical (unpaired) electrons. The first-order valence-corrected chi connectivity index (χ1v) is 19.2. The summed E-state index contributed by atoms with van der Waals surface area (Å²) in [4.78, 5) is 6.57.